The molecule has 1 aromatic carbocycles. The van der Waals surface area contributed by atoms with Crippen molar-refractivity contribution < 1.29 is 9.59 Å². The Balaban J connectivity index is 3.12. The zero-order valence-electron chi connectivity index (χ0n) is 7.16. The third kappa shape index (κ3) is 2.25. The Kier molecular flexibility index (Phi) is 3.37. The van der Waals surface area contributed by atoms with Crippen molar-refractivity contribution >= 4 is 28.0 Å². The Morgan fingerprint density at radius 1 is 1.46 bits per heavy atom. The number of benzene rings is 1. The van der Waals surface area contributed by atoms with Gasteiger partial charge in [0.05, 0.1) is 5.92 Å². The van der Waals surface area contributed by atoms with Crippen LogP contribution in [0.4, 0.5) is 0 Å². The number of carbonyl (C=O) groups excluding carboxylic acids is 2. The van der Waals surface area contributed by atoms with Crippen LogP contribution in [-0.2, 0) is 9.59 Å². The van der Waals surface area contributed by atoms with Crippen LogP contribution in [-0.4, -0.2) is 12.1 Å². The number of rotatable bonds is 3. The highest BCUT2D eigenvalue weighted by Crippen LogP contribution is 2.23. The second kappa shape index (κ2) is 4.33. The lowest BCUT2D eigenvalue weighted by Gasteiger charge is -2.08. The summed E-state index contributed by atoms with van der Waals surface area (Å²) in [6.45, 7) is 1.42. The minimum atomic E-state index is -0.643. The van der Waals surface area contributed by atoms with E-state index < -0.39 is 5.92 Å². The minimum Gasteiger partial charge on any atom is -0.302 e. The van der Waals surface area contributed by atoms with Crippen LogP contribution in [0.2, 0.25) is 0 Å². The first-order chi connectivity index (χ1) is 6.16. The maximum atomic E-state index is 11.1. The van der Waals surface area contributed by atoms with E-state index in [2.05, 4.69) is 15.9 Å². The molecule has 1 aromatic rings. The van der Waals surface area contributed by atoms with E-state index in [1.807, 2.05) is 12.1 Å². The van der Waals surface area contributed by atoms with E-state index in [1.54, 1.807) is 12.1 Å². The second-order valence-electron chi connectivity index (χ2n) is 2.75. The number of Topliss-reactive ketones (excluding diaryl/α,β-unsaturated/α-hetero) is 1. The molecule has 2 nitrogen and oxygen atoms in total. The zero-order chi connectivity index (χ0) is 9.84. The van der Waals surface area contributed by atoms with Crippen molar-refractivity contribution in [3.05, 3.63) is 34.3 Å². The Labute approximate surface area is 85.1 Å². The molecular weight excluding hydrogens is 232 g/mol. The third-order valence-corrected chi connectivity index (χ3v) is 2.54. The molecule has 0 aliphatic carbocycles. The molecule has 0 aromatic heterocycles. The fraction of sp³-hybridized carbons (Fsp3) is 0.200. The summed E-state index contributed by atoms with van der Waals surface area (Å²) < 4.78 is 0.794. The van der Waals surface area contributed by atoms with Gasteiger partial charge in [-0.25, -0.2) is 0 Å². The van der Waals surface area contributed by atoms with Gasteiger partial charge in [-0.05, 0) is 18.6 Å². The first-order valence-electron chi connectivity index (χ1n) is 3.87. The molecule has 0 radical (unpaired) electrons. The lowest BCUT2D eigenvalue weighted by atomic mass is 9.97. The van der Waals surface area contributed by atoms with Crippen LogP contribution < -0.4 is 0 Å². The summed E-state index contributed by atoms with van der Waals surface area (Å²) in [7, 11) is 0. The van der Waals surface area contributed by atoms with Crippen molar-refractivity contribution in [2.45, 2.75) is 12.8 Å². The molecule has 1 atom stereocenters. The molecule has 0 saturated heterocycles. The van der Waals surface area contributed by atoms with Crippen LogP contribution >= 0.6 is 15.9 Å². The zero-order valence-corrected chi connectivity index (χ0v) is 8.74. The molecule has 0 N–H and O–H groups in total. The maximum Gasteiger partial charge on any atom is 0.144 e. The molecule has 0 fully saturated rings. The number of hydrogen-bond donors (Lipinski definition) is 0. The van der Waals surface area contributed by atoms with Gasteiger partial charge >= 0.3 is 0 Å². The molecule has 0 bridgehead atoms. The molecule has 68 valence electrons. The van der Waals surface area contributed by atoms with Gasteiger partial charge in [-0.1, -0.05) is 34.1 Å². The molecule has 13 heavy (non-hydrogen) atoms. The predicted molar refractivity (Wildman–Crippen MR) is 53.6 cm³/mol. The standard InChI is InChI=1S/C10H9BrO2/c1-7(13)9(6-12)8-4-2-3-5-10(8)11/h2-6,9H,1H3. The summed E-state index contributed by atoms with van der Waals surface area (Å²) in [5.41, 5.74) is 0.727. The molecule has 0 saturated carbocycles. The largest absolute Gasteiger partial charge is 0.302 e. The van der Waals surface area contributed by atoms with Gasteiger partial charge in [-0.15, -0.1) is 0 Å². The molecule has 0 aliphatic rings. The molecule has 0 spiro atoms. The van der Waals surface area contributed by atoms with E-state index in [0.29, 0.717) is 6.29 Å². The molecule has 3 heteroatoms. The van der Waals surface area contributed by atoms with Gasteiger partial charge in [0.15, 0.2) is 0 Å². The molecule has 1 rings (SSSR count). The smallest absolute Gasteiger partial charge is 0.144 e. The maximum absolute atomic E-state index is 11.1. The number of ketones is 1. The summed E-state index contributed by atoms with van der Waals surface area (Å²) >= 11 is 3.29. The summed E-state index contributed by atoms with van der Waals surface area (Å²) in [6.07, 6.45) is 0.669. The van der Waals surface area contributed by atoms with Crippen LogP contribution in [0.15, 0.2) is 28.7 Å². The number of aldehydes is 1. The van der Waals surface area contributed by atoms with Gasteiger partial charge in [-0.3, -0.25) is 4.79 Å². The van der Waals surface area contributed by atoms with Gasteiger partial charge in [0.1, 0.15) is 12.1 Å². The Hall–Kier alpha value is -0.960. The van der Waals surface area contributed by atoms with Crippen LogP contribution in [0.3, 0.4) is 0 Å². The predicted octanol–water partition coefficient (Wildman–Crippen LogP) is 2.32. The fourth-order valence-electron chi connectivity index (χ4n) is 1.12. The highest BCUT2D eigenvalue weighted by molar-refractivity contribution is 9.10. The van der Waals surface area contributed by atoms with Gasteiger partial charge in [0.2, 0.25) is 0 Å². The third-order valence-electron chi connectivity index (χ3n) is 1.81. The lowest BCUT2D eigenvalue weighted by Crippen LogP contribution is -2.10. The first-order valence-corrected chi connectivity index (χ1v) is 4.66. The highest BCUT2D eigenvalue weighted by Gasteiger charge is 2.17. The van der Waals surface area contributed by atoms with Crippen molar-refractivity contribution in [2.24, 2.45) is 0 Å². The van der Waals surface area contributed by atoms with E-state index in [1.165, 1.54) is 6.92 Å². The summed E-state index contributed by atoms with van der Waals surface area (Å²) in [6, 6.07) is 7.23. The molecule has 0 amide bonds. The normalized spacial score (nSPS) is 12.2. The molecular formula is C10H9BrO2. The van der Waals surface area contributed by atoms with Crippen LogP contribution in [0, 0.1) is 0 Å². The molecule has 0 heterocycles. The number of carbonyl (C=O) groups is 2. The molecule has 1 unspecified atom stereocenters. The second-order valence-corrected chi connectivity index (χ2v) is 3.60. The minimum absolute atomic E-state index is 0.137. The number of halogens is 1. The van der Waals surface area contributed by atoms with E-state index in [9.17, 15) is 9.59 Å². The first kappa shape index (κ1) is 10.1. The van der Waals surface area contributed by atoms with E-state index in [0.717, 1.165) is 10.0 Å². The Morgan fingerprint density at radius 2 is 2.08 bits per heavy atom. The van der Waals surface area contributed by atoms with E-state index in [-0.39, 0.29) is 5.78 Å². The summed E-state index contributed by atoms with van der Waals surface area (Å²) in [4.78, 5) is 21.7. The van der Waals surface area contributed by atoms with Crippen LogP contribution in [0.25, 0.3) is 0 Å². The lowest BCUT2D eigenvalue weighted by molar-refractivity contribution is -0.122. The Morgan fingerprint density at radius 3 is 2.54 bits per heavy atom. The van der Waals surface area contributed by atoms with Gasteiger partial charge in [0.25, 0.3) is 0 Å². The van der Waals surface area contributed by atoms with Gasteiger partial charge in [-0.2, -0.15) is 0 Å². The highest BCUT2D eigenvalue weighted by atomic mass is 79.9. The van der Waals surface area contributed by atoms with E-state index in [4.69, 9.17) is 0 Å². The summed E-state index contributed by atoms with van der Waals surface area (Å²) in [5.74, 6) is -0.780. The van der Waals surface area contributed by atoms with Crippen molar-refractivity contribution in [2.75, 3.05) is 0 Å². The topological polar surface area (TPSA) is 34.1 Å². The van der Waals surface area contributed by atoms with Crippen molar-refractivity contribution in [3.8, 4) is 0 Å². The van der Waals surface area contributed by atoms with Crippen LogP contribution in [0.1, 0.15) is 18.4 Å². The summed E-state index contributed by atoms with van der Waals surface area (Å²) in [5, 5.41) is 0. The van der Waals surface area contributed by atoms with Crippen LogP contribution in [0.5, 0.6) is 0 Å². The van der Waals surface area contributed by atoms with Crippen molar-refractivity contribution in [3.63, 3.8) is 0 Å². The van der Waals surface area contributed by atoms with E-state index >= 15 is 0 Å². The fourth-order valence-corrected chi connectivity index (χ4v) is 1.65. The Bertz CT molecular complexity index is 333. The number of hydrogen-bond acceptors (Lipinski definition) is 2. The van der Waals surface area contributed by atoms with Gasteiger partial charge in [0, 0.05) is 4.47 Å². The van der Waals surface area contributed by atoms with Crippen molar-refractivity contribution in [1.29, 1.82) is 0 Å². The average Bonchev–Trinajstić information content (AvgIpc) is 2.09. The quantitative estimate of drug-likeness (QED) is 0.601. The monoisotopic (exact) mass is 240 g/mol. The van der Waals surface area contributed by atoms with Crippen molar-refractivity contribution in [1.82, 2.24) is 0 Å². The molecule has 0 aliphatic heterocycles. The SMILES string of the molecule is CC(=O)C(C=O)c1ccccc1Br. The van der Waals surface area contributed by atoms with Gasteiger partial charge < -0.3 is 4.79 Å². The average molecular weight is 241 g/mol.